The van der Waals surface area contributed by atoms with E-state index < -0.39 is 0 Å². The Hall–Kier alpha value is -2.49. The predicted octanol–water partition coefficient (Wildman–Crippen LogP) is 5.53. The Morgan fingerprint density at radius 1 is 0.852 bits per heavy atom. The van der Waals surface area contributed by atoms with Crippen molar-refractivity contribution >= 4 is 11.6 Å². The maximum absolute atomic E-state index is 6.47. The summed E-state index contributed by atoms with van der Waals surface area (Å²) in [5.74, 6) is 1.33. The van der Waals surface area contributed by atoms with Gasteiger partial charge in [-0.25, -0.2) is 0 Å². The van der Waals surface area contributed by atoms with E-state index in [1.54, 1.807) is 7.11 Å². The molecule has 3 rings (SSSR count). The molecule has 0 aliphatic heterocycles. The number of methoxy groups -OCH3 is 1. The molecule has 0 spiro atoms. The number of hydrogen-bond acceptors (Lipinski definition) is 3. The van der Waals surface area contributed by atoms with Crippen LogP contribution in [0, 0.1) is 6.92 Å². The Kier molecular flexibility index (Phi) is 6.74. The van der Waals surface area contributed by atoms with Gasteiger partial charge in [-0.2, -0.15) is 0 Å². The van der Waals surface area contributed by atoms with Crippen molar-refractivity contribution in [2.75, 3.05) is 7.11 Å². The Balaban J connectivity index is 1.65. The largest absolute Gasteiger partial charge is 0.493 e. The standard InChI is InChI=1S/C23H24ClNO2/c1-17-7-6-10-19(11-17)16-27-23-13-21(24)20(12-22(23)26-2)15-25-14-18-8-4-3-5-9-18/h3-13,25H,14-16H2,1-2H3. The molecule has 0 unspecified atom stereocenters. The van der Waals surface area contributed by atoms with E-state index in [1.807, 2.05) is 42.5 Å². The van der Waals surface area contributed by atoms with Gasteiger partial charge < -0.3 is 14.8 Å². The molecule has 0 bridgehead atoms. The van der Waals surface area contributed by atoms with Crippen LogP contribution in [-0.4, -0.2) is 7.11 Å². The summed E-state index contributed by atoms with van der Waals surface area (Å²) in [4.78, 5) is 0. The van der Waals surface area contributed by atoms with Gasteiger partial charge in [0, 0.05) is 24.2 Å². The maximum Gasteiger partial charge on any atom is 0.163 e. The molecule has 140 valence electrons. The second-order valence-electron chi connectivity index (χ2n) is 6.46. The molecule has 1 N–H and O–H groups in total. The average Bonchev–Trinajstić information content (AvgIpc) is 2.68. The molecule has 4 heteroatoms. The fourth-order valence-electron chi connectivity index (χ4n) is 2.89. The van der Waals surface area contributed by atoms with Gasteiger partial charge in [0.15, 0.2) is 11.5 Å². The van der Waals surface area contributed by atoms with Crippen LogP contribution in [-0.2, 0) is 19.7 Å². The highest BCUT2D eigenvalue weighted by Gasteiger charge is 2.11. The molecular weight excluding hydrogens is 358 g/mol. The van der Waals surface area contributed by atoms with Gasteiger partial charge in [0.05, 0.1) is 7.11 Å². The van der Waals surface area contributed by atoms with Gasteiger partial charge in [-0.1, -0.05) is 71.8 Å². The van der Waals surface area contributed by atoms with E-state index >= 15 is 0 Å². The van der Waals surface area contributed by atoms with E-state index in [2.05, 4.69) is 36.5 Å². The number of rotatable bonds is 8. The molecular formula is C23H24ClNO2. The zero-order chi connectivity index (χ0) is 19.1. The van der Waals surface area contributed by atoms with E-state index in [1.165, 1.54) is 11.1 Å². The Morgan fingerprint density at radius 2 is 1.63 bits per heavy atom. The summed E-state index contributed by atoms with van der Waals surface area (Å²) in [7, 11) is 1.64. The molecule has 0 saturated heterocycles. The van der Waals surface area contributed by atoms with Crippen molar-refractivity contribution in [2.45, 2.75) is 26.6 Å². The van der Waals surface area contributed by atoms with E-state index in [9.17, 15) is 0 Å². The average molecular weight is 382 g/mol. The number of ether oxygens (including phenoxy) is 2. The minimum atomic E-state index is 0.472. The lowest BCUT2D eigenvalue weighted by molar-refractivity contribution is 0.284. The second kappa shape index (κ2) is 9.45. The van der Waals surface area contributed by atoms with Crippen LogP contribution in [0.5, 0.6) is 11.5 Å². The molecule has 0 aliphatic rings. The molecule has 27 heavy (non-hydrogen) atoms. The summed E-state index contributed by atoms with van der Waals surface area (Å²) in [6.45, 7) is 3.98. The Labute approximate surface area is 165 Å². The van der Waals surface area contributed by atoms with Crippen LogP contribution in [0.25, 0.3) is 0 Å². The highest BCUT2D eigenvalue weighted by molar-refractivity contribution is 6.31. The first-order chi connectivity index (χ1) is 13.2. The number of nitrogens with one attached hydrogen (secondary N) is 1. The summed E-state index contributed by atoms with van der Waals surface area (Å²) < 4.78 is 11.5. The van der Waals surface area contributed by atoms with Gasteiger partial charge in [0.2, 0.25) is 0 Å². The lowest BCUT2D eigenvalue weighted by Gasteiger charge is -2.14. The fourth-order valence-corrected chi connectivity index (χ4v) is 3.11. The van der Waals surface area contributed by atoms with Gasteiger partial charge in [-0.15, -0.1) is 0 Å². The molecule has 0 aromatic heterocycles. The van der Waals surface area contributed by atoms with E-state index in [-0.39, 0.29) is 0 Å². The van der Waals surface area contributed by atoms with Crippen molar-refractivity contribution in [3.8, 4) is 11.5 Å². The molecule has 0 radical (unpaired) electrons. The van der Waals surface area contributed by atoms with Crippen molar-refractivity contribution in [1.29, 1.82) is 0 Å². The van der Waals surface area contributed by atoms with E-state index in [4.69, 9.17) is 21.1 Å². The van der Waals surface area contributed by atoms with Gasteiger partial charge in [-0.05, 0) is 29.7 Å². The van der Waals surface area contributed by atoms with Gasteiger partial charge in [0.1, 0.15) is 6.61 Å². The zero-order valence-electron chi connectivity index (χ0n) is 15.7. The van der Waals surface area contributed by atoms with Crippen molar-refractivity contribution in [3.05, 3.63) is 94.0 Å². The number of aryl methyl sites for hydroxylation is 1. The third kappa shape index (κ3) is 5.49. The third-order valence-corrected chi connectivity index (χ3v) is 4.65. The van der Waals surface area contributed by atoms with Gasteiger partial charge in [-0.3, -0.25) is 0 Å². The summed E-state index contributed by atoms with van der Waals surface area (Å²) in [6, 6.07) is 22.3. The molecule has 0 saturated carbocycles. The first-order valence-electron chi connectivity index (χ1n) is 8.95. The highest BCUT2D eigenvalue weighted by Crippen LogP contribution is 2.34. The van der Waals surface area contributed by atoms with Crippen LogP contribution < -0.4 is 14.8 Å². The van der Waals surface area contributed by atoms with Gasteiger partial charge >= 0.3 is 0 Å². The van der Waals surface area contributed by atoms with Crippen LogP contribution in [0.4, 0.5) is 0 Å². The monoisotopic (exact) mass is 381 g/mol. The molecule has 3 aromatic rings. The van der Waals surface area contributed by atoms with Crippen molar-refractivity contribution < 1.29 is 9.47 Å². The topological polar surface area (TPSA) is 30.5 Å². The van der Waals surface area contributed by atoms with Crippen molar-refractivity contribution in [1.82, 2.24) is 5.32 Å². The van der Waals surface area contributed by atoms with Gasteiger partial charge in [0.25, 0.3) is 0 Å². The molecule has 0 fully saturated rings. The molecule has 3 aromatic carbocycles. The maximum atomic E-state index is 6.47. The minimum Gasteiger partial charge on any atom is -0.493 e. The first kappa shape index (κ1) is 19.3. The first-order valence-corrected chi connectivity index (χ1v) is 9.33. The quantitative estimate of drug-likeness (QED) is 0.556. The lowest BCUT2D eigenvalue weighted by Crippen LogP contribution is -2.13. The Bertz CT molecular complexity index is 881. The second-order valence-corrected chi connectivity index (χ2v) is 6.87. The molecule has 0 aliphatic carbocycles. The number of hydrogen-bond donors (Lipinski definition) is 1. The number of halogens is 1. The predicted molar refractivity (Wildman–Crippen MR) is 111 cm³/mol. The summed E-state index contributed by atoms with van der Waals surface area (Å²) in [6.07, 6.45) is 0. The van der Waals surface area contributed by atoms with Crippen LogP contribution in [0.15, 0.2) is 66.7 Å². The van der Waals surface area contributed by atoms with Crippen LogP contribution in [0.1, 0.15) is 22.3 Å². The van der Waals surface area contributed by atoms with E-state index in [0.717, 1.165) is 17.7 Å². The molecule has 0 atom stereocenters. The summed E-state index contributed by atoms with van der Waals surface area (Å²) in [5.41, 5.74) is 4.54. The fraction of sp³-hybridized carbons (Fsp3) is 0.217. The minimum absolute atomic E-state index is 0.472. The summed E-state index contributed by atoms with van der Waals surface area (Å²) in [5, 5.41) is 4.08. The van der Waals surface area contributed by atoms with E-state index in [0.29, 0.717) is 29.7 Å². The van der Waals surface area contributed by atoms with Crippen molar-refractivity contribution in [2.24, 2.45) is 0 Å². The van der Waals surface area contributed by atoms with Crippen molar-refractivity contribution in [3.63, 3.8) is 0 Å². The Morgan fingerprint density at radius 3 is 2.37 bits per heavy atom. The van der Waals surface area contributed by atoms with Crippen LogP contribution in [0.3, 0.4) is 0 Å². The normalized spacial score (nSPS) is 10.6. The van der Waals surface area contributed by atoms with Crippen LogP contribution >= 0.6 is 11.6 Å². The van der Waals surface area contributed by atoms with Crippen LogP contribution in [0.2, 0.25) is 5.02 Å². The third-order valence-electron chi connectivity index (χ3n) is 4.30. The molecule has 0 heterocycles. The number of benzene rings is 3. The highest BCUT2D eigenvalue weighted by atomic mass is 35.5. The molecule has 3 nitrogen and oxygen atoms in total. The summed E-state index contributed by atoms with van der Waals surface area (Å²) >= 11 is 6.47. The molecule has 0 amide bonds. The smallest absolute Gasteiger partial charge is 0.163 e. The lowest BCUT2D eigenvalue weighted by atomic mass is 10.1. The SMILES string of the molecule is COc1cc(CNCc2ccccc2)c(Cl)cc1OCc1cccc(C)c1. The zero-order valence-corrected chi connectivity index (χ0v) is 16.4.